The van der Waals surface area contributed by atoms with Gasteiger partial charge >= 0.3 is 5.97 Å². The third kappa shape index (κ3) is 5.11. The molecule has 0 saturated heterocycles. The molecule has 216 valence electrons. The van der Waals surface area contributed by atoms with Crippen molar-refractivity contribution in [2.45, 2.75) is 39.2 Å². The molecule has 0 fully saturated rings. The first kappa shape index (κ1) is 27.9. The lowest BCUT2D eigenvalue weighted by Crippen LogP contribution is -2.18. The van der Waals surface area contributed by atoms with E-state index in [1.807, 2.05) is 6.92 Å². The van der Waals surface area contributed by atoms with E-state index < -0.39 is 12.0 Å². The van der Waals surface area contributed by atoms with E-state index >= 15 is 0 Å². The van der Waals surface area contributed by atoms with Crippen LogP contribution in [-0.2, 0) is 16.0 Å². The summed E-state index contributed by atoms with van der Waals surface area (Å²) in [5.41, 5.74) is 4.24. The van der Waals surface area contributed by atoms with Gasteiger partial charge in [0.2, 0.25) is 0 Å². The topological polar surface area (TPSA) is 26.3 Å². The minimum Gasteiger partial charge on any atom is -0.452 e. The molecule has 1 atom stereocenters. The molecule has 0 aliphatic carbocycles. The van der Waals surface area contributed by atoms with Crippen molar-refractivity contribution in [3.8, 4) is 0 Å². The normalized spacial score (nSPS) is 12.5. The first-order valence-corrected chi connectivity index (χ1v) is 15.6. The van der Waals surface area contributed by atoms with Crippen molar-refractivity contribution >= 4 is 49.1 Å². The molecule has 7 aromatic rings. The highest BCUT2D eigenvalue weighted by Gasteiger charge is 2.28. The molecule has 0 spiro atoms. The van der Waals surface area contributed by atoms with Gasteiger partial charge in [0.25, 0.3) is 0 Å². The molecule has 7 rings (SSSR count). The van der Waals surface area contributed by atoms with E-state index in [4.69, 9.17) is 4.74 Å². The van der Waals surface area contributed by atoms with Crippen LogP contribution in [0.5, 0.6) is 0 Å². The van der Waals surface area contributed by atoms with Crippen molar-refractivity contribution in [2.75, 3.05) is 0 Å². The average molecular weight is 573 g/mol. The Morgan fingerprint density at radius 1 is 0.545 bits per heavy atom. The Morgan fingerprint density at radius 3 is 1.45 bits per heavy atom. The van der Waals surface area contributed by atoms with Crippen LogP contribution in [0.1, 0.15) is 55.0 Å². The predicted molar refractivity (Wildman–Crippen MR) is 184 cm³/mol. The molecular weight excluding hydrogens is 536 g/mol. The summed E-state index contributed by atoms with van der Waals surface area (Å²) in [4.78, 5) is 14.1. The van der Waals surface area contributed by atoms with Crippen LogP contribution >= 0.6 is 0 Å². The van der Waals surface area contributed by atoms with Crippen LogP contribution in [0.2, 0.25) is 0 Å². The maximum absolute atomic E-state index is 14.1. The molecule has 0 radical (unpaired) electrons. The van der Waals surface area contributed by atoms with Crippen LogP contribution in [0.15, 0.2) is 133 Å². The highest BCUT2D eigenvalue weighted by Crippen LogP contribution is 2.41. The fourth-order valence-corrected chi connectivity index (χ4v) is 6.66. The summed E-state index contributed by atoms with van der Waals surface area (Å²) in [6, 6.07) is 46.7. The van der Waals surface area contributed by atoms with Gasteiger partial charge in [-0.3, -0.25) is 4.79 Å². The zero-order valence-corrected chi connectivity index (χ0v) is 25.5. The Kier molecular flexibility index (Phi) is 7.36. The lowest BCUT2D eigenvalue weighted by atomic mass is 9.88. The van der Waals surface area contributed by atoms with Gasteiger partial charge in [0, 0.05) is 11.1 Å². The van der Waals surface area contributed by atoms with Gasteiger partial charge in [-0.15, -0.1) is 0 Å². The second-order valence-corrected chi connectivity index (χ2v) is 12.3. The first-order valence-electron chi connectivity index (χ1n) is 15.6. The van der Waals surface area contributed by atoms with Gasteiger partial charge < -0.3 is 4.74 Å². The fraction of sp³-hybridized carbons (Fsp3) is 0.167. The SMILES string of the molecule is CC(C)Cc1ccc([C@@H](C)C(=O)OC(c2cc3ccccc3c3ccccc23)c2cc3ccccc3c3ccccc23)cc1. The summed E-state index contributed by atoms with van der Waals surface area (Å²) < 4.78 is 6.71. The number of ether oxygens (including phenoxy) is 1. The third-order valence-corrected chi connectivity index (χ3v) is 8.88. The molecule has 0 aliphatic heterocycles. The summed E-state index contributed by atoms with van der Waals surface area (Å²) in [7, 11) is 0. The van der Waals surface area contributed by atoms with E-state index in [0.717, 1.165) is 55.4 Å². The highest BCUT2D eigenvalue weighted by atomic mass is 16.5. The van der Waals surface area contributed by atoms with Crippen LogP contribution in [0.25, 0.3) is 43.1 Å². The minimum absolute atomic E-state index is 0.235. The minimum atomic E-state index is -0.603. The number of esters is 1. The van der Waals surface area contributed by atoms with Crippen LogP contribution in [0, 0.1) is 5.92 Å². The van der Waals surface area contributed by atoms with Crippen LogP contribution in [0.3, 0.4) is 0 Å². The molecular formula is C42H36O2. The number of fused-ring (bicyclic) bond motifs is 6. The molecule has 0 unspecified atom stereocenters. The van der Waals surface area contributed by atoms with Gasteiger partial charge in [-0.2, -0.15) is 0 Å². The summed E-state index contributed by atoms with van der Waals surface area (Å²) in [5, 5.41) is 9.12. The Bertz CT molecular complexity index is 2020. The molecule has 0 aromatic heterocycles. The van der Waals surface area contributed by atoms with Gasteiger partial charge in [-0.25, -0.2) is 0 Å². The van der Waals surface area contributed by atoms with E-state index in [9.17, 15) is 4.79 Å². The Hall–Kier alpha value is -4.95. The lowest BCUT2D eigenvalue weighted by Gasteiger charge is -2.25. The predicted octanol–water partition coefficient (Wildman–Crippen LogP) is 10.9. The molecule has 7 aromatic carbocycles. The quantitative estimate of drug-likeness (QED) is 0.140. The highest BCUT2D eigenvalue weighted by molar-refractivity contribution is 6.11. The molecule has 0 saturated carbocycles. The number of hydrogen-bond donors (Lipinski definition) is 0. The van der Waals surface area contributed by atoms with Crippen molar-refractivity contribution in [3.05, 3.63) is 156 Å². The smallest absolute Gasteiger partial charge is 0.314 e. The van der Waals surface area contributed by atoms with E-state index in [1.165, 1.54) is 16.3 Å². The second-order valence-electron chi connectivity index (χ2n) is 12.3. The third-order valence-electron chi connectivity index (χ3n) is 8.88. The van der Waals surface area contributed by atoms with Crippen LogP contribution in [-0.4, -0.2) is 5.97 Å². The zero-order valence-electron chi connectivity index (χ0n) is 25.5. The van der Waals surface area contributed by atoms with Gasteiger partial charge in [0.1, 0.15) is 0 Å². The number of carbonyl (C=O) groups is 1. The molecule has 44 heavy (non-hydrogen) atoms. The summed E-state index contributed by atoms with van der Waals surface area (Å²) in [6.45, 7) is 6.40. The summed E-state index contributed by atoms with van der Waals surface area (Å²) in [6.07, 6.45) is 0.416. The van der Waals surface area contributed by atoms with E-state index in [2.05, 4.69) is 147 Å². The van der Waals surface area contributed by atoms with Crippen LogP contribution in [0.4, 0.5) is 0 Å². The van der Waals surface area contributed by atoms with Gasteiger partial charge in [-0.1, -0.05) is 135 Å². The average Bonchev–Trinajstić information content (AvgIpc) is 3.06. The largest absolute Gasteiger partial charge is 0.452 e. The standard InChI is InChI=1S/C42H36O2/c1-27(2)24-29-20-22-30(23-21-29)28(3)42(43)44-41(39-25-31-12-4-6-14-33(31)35-16-8-10-18-37(35)39)40-26-32-13-5-7-15-34(32)36-17-9-11-19-38(36)40/h4-23,25-28,41H,24H2,1-3H3/t28-/m1/s1. The lowest BCUT2D eigenvalue weighted by molar-refractivity contribution is -0.148. The first-order chi connectivity index (χ1) is 21.5. The number of carbonyl (C=O) groups excluding carboxylic acids is 1. The maximum Gasteiger partial charge on any atom is 0.314 e. The molecule has 0 heterocycles. The molecule has 0 amide bonds. The molecule has 0 N–H and O–H groups in total. The van der Waals surface area contributed by atoms with Crippen molar-refractivity contribution in [1.82, 2.24) is 0 Å². The molecule has 2 nitrogen and oxygen atoms in total. The molecule has 0 aliphatic rings. The molecule has 2 heteroatoms. The molecule has 0 bridgehead atoms. The van der Waals surface area contributed by atoms with Gasteiger partial charge in [-0.05, 0) is 85.6 Å². The number of benzene rings is 7. The second kappa shape index (κ2) is 11.6. The Morgan fingerprint density at radius 2 is 0.977 bits per heavy atom. The van der Waals surface area contributed by atoms with Crippen molar-refractivity contribution in [3.63, 3.8) is 0 Å². The maximum atomic E-state index is 14.1. The van der Waals surface area contributed by atoms with Crippen molar-refractivity contribution in [1.29, 1.82) is 0 Å². The van der Waals surface area contributed by atoms with Gasteiger partial charge in [0.15, 0.2) is 6.10 Å². The fourth-order valence-electron chi connectivity index (χ4n) is 6.66. The van der Waals surface area contributed by atoms with E-state index in [-0.39, 0.29) is 5.97 Å². The van der Waals surface area contributed by atoms with Crippen molar-refractivity contribution < 1.29 is 9.53 Å². The summed E-state index contributed by atoms with van der Waals surface area (Å²) >= 11 is 0. The van der Waals surface area contributed by atoms with Crippen molar-refractivity contribution in [2.24, 2.45) is 5.92 Å². The monoisotopic (exact) mass is 572 g/mol. The number of hydrogen-bond acceptors (Lipinski definition) is 2. The zero-order chi connectivity index (χ0) is 30.2. The van der Waals surface area contributed by atoms with Gasteiger partial charge in [0.05, 0.1) is 5.92 Å². The Balaban J connectivity index is 1.41. The number of rotatable bonds is 7. The summed E-state index contributed by atoms with van der Waals surface area (Å²) in [5.74, 6) is -0.0670. The van der Waals surface area contributed by atoms with Crippen LogP contribution < -0.4 is 0 Å². The Labute approximate surface area is 258 Å². The van der Waals surface area contributed by atoms with E-state index in [0.29, 0.717) is 5.92 Å². The van der Waals surface area contributed by atoms with E-state index in [1.54, 1.807) is 0 Å².